The van der Waals surface area contributed by atoms with Gasteiger partial charge in [0.05, 0.1) is 14.2 Å². The number of methoxy groups -OCH3 is 2. The molecule has 7 heteroatoms. The van der Waals surface area contributed by atoms with E-state index in [9.17, 15) is 0 Å². The van der Waals surface area contributed by atoms with Crippen LogP contribution in [0, 0.1) is 0 Å². The quantitative estimate of drug-likeness (QED) is 0.815. The van der Waals surface area contributed by atoms with Crippen molar-refractivity contribution in [3.05, 3.63) is 36.0 Å². The average molecular weight is 357 g/mol. The fraction of sp³-hybridized carbons (Fsp3) is 0.474. The first kappa shape index (κ1) is 18.3. The summed E-state index contributed by atoms with van der Waals surface area (Å²) in [4.78, 5) is 13.8. The van der Waals surface area contributed by atoms with Crippen molar-refractivity contribution in [3.63, 3.8) is 0 Å². The molecule has 1 aromatic heterocycles. The van der Waals surface area contributed by atoms with Gasteiger partial charge in [-0.2, -0.15) is 4.98 Å². The van der Waals surface area contributed by atoms with Crippen molar-refractivity contribution >= 4 is 11.8 Å². The number of hydrogen-bond acceptors (Lipinski definition) is 7. The van der Waals surface area contributed by atoms with Gasteiger partial charge in [-0.1, -0.05) is 13.0 Å². The van der Waals surface area contributed by atoms with E-state index in [0.717, 1.165) is 55.6 Å². The lowest BCUT2D eigenvalue weighted by Gasteiger charge is -2.34. The molecule has 1 saturated heterocycles. The number of hydrogen-bond donors (Lipinski definition) is 1. The smallest absolute Gasteiger partial charge is 0.224 e. The highest BCUT2D eigenvalue weighted by Gasteiger charge is 2.17. The number of aromatic nitrogens is 2. The molecule has 1 aromatic carbocycles. The molecule has 0 radical (unpaired) electrons. The van der Waals surface area contributed by atoms with E-state index in [4.69, 9.17) is 9.47 Å². The maximum absolute atomic E-state index is 5.35. The molecule has 3 rings (SSSR count). The van der Waals surface area contributed by atoms with E-state index in [1.54, 1.807) is 14.2 Å². The number of piperazine rings is 1. The van der Waals surface area contributed by atoms with E-state index in [0.29, 0.717) is 12.5 Å². The summed E-state index contributed by atoms with van der Waals surface area (Å²) in [6.07, 6.45) is 1.81. The van der Waals surface area contributed by atoms with E-state index in [-0.39, 0.29) is 0 Å². The number of likely N-dealkylation sites (N-methyl/N-ethyl adjacent to an activating group) is 1. The van der Waals surface area contributed by atoms with Gasteiger partial charge in [-0.15, -0.1) is 0 Å². The fourth-order valence-corrected chi connectivity index (χ4v) is 3.08. The first-order valence-electron chi connectivity index (χ1n) is 8.98. The summed E-state index contributed by atoms with van der Waals surface area (Å²) in [5.41, 5.74) is 1.08. The van der Waals surface area contributed by atoms with Crippen LogP contribution in [0.3, 0.4) is 0 Å². The van der Waals surface area contributed by atoms with E-state index in [1.165, 1.54) is 0 Å². The summed E-state index contributed by atoms with van der Waals surface area (Å²) >= 11 is 0. The van der Waals surface area contributed by atoms with Gasteiger partial charge in [-0.25, -0.2) is 4.98 Å². The Hall–Kier alpha value is -2.54. The largest absolute Gasteiger partial charge is 0.493 e. The summed E-state index contributed by atoms with van der Waals surface area (Å²) in [6.45, 7) is 8.09. The van der Waals surface area contributed by atoms with Crippen molar-refractivity contribution in [2.24, 2.45) is 0 Å². The van der Waals surface area contributed by atoms with Crippen LogP contribution in [-0.4, -0.2) is 61.8 Å². The summed E-state index contributed by atoms with van der Waals surface area (Å²) < 4.78 is 10.6. The molecule has 0 saturated carbocycles. The van der Waals surface area contributed by atoms with Crippen LogP contribution in [0.1, 0.15) is 12.5 Å². The summed E-state index contributed by atoms with van der Waals surface area (Å²) in [7, 11) is 3.27. The molecule has 1 aliphatic rings. The normalized spacial score (nSPS) is 15.0. The van der Waals surface area contributed by atoms with Gasteiger partial charge in [-0.05, 0) is 30.3 Å². The monoisotopic (exact) mass is 357 g/mol. The van der Waals surface area contributed by atoms with Gasteiger partial charge in [0.15, 0.2) is 11.5 Å². The van der Waals surface area contributed by atoms with E-state index < -0.39 is 0 Å². The third-order valence-corrected chi connectivity index (χ3v) is 4.68. The first-order chi connectivity index (χ1) is 12.7. The Morgan fingerprint density at radius 3 is 2.50 bits per heavy atom. The molecule has 0 amide bonds. The van der Waals surface area contributed by atoms with Gasteiger partial charge in [0.2, 0.25) is 5.95 Å². The van der Waals surface area contributed by atoms with Crippen LogP contribution in [0.5, 0.6) is 11.5 Å². The van der Waals surface area contributed by atoms with Gasteiger partial charge >= 0.3 is 0 Å². The minimum atomic E-state index is 0.618. The Balaban J connectivity index is 1.62. The second-order valence-electron chi connectivity index (χ2n) is 6.20. The topological polar surface area (TPSA) is 62.8 Å². The Kier molecular flexibility index (Phi) is 6.12. The molecule has 26 heavy (non-hydrogen) atoms. The zero-order chi connectivity index (χ0) is 18.4. The second-order valence-corrected chi connectivity index (χ2v) is 6.20. The van der Waals surface area contributed by atoms with Crippen molar-refractivity contribution in [2.75, 3.05) is 57.2 Å². The molecule has 2 aromatic rings. The van der Waals surface area contributed by atoms with Crippen molar-refractivity contribution in [3.8, 4) is 11.5 Å². The van der Waals surface area contributed by atoms with Gasteiger partial charge in [0.25, 0.3) is 0 Å². The number of benzene rings is 1. The minimum Gasteiger partial charge on any atom is -0.493 e. The first-order valence-corrected chi connectivity index (χ1v) is 8.98. The summed E-state index contributed by atoms with van der Waals surface area (Å²) in [5.74, 6) is 3.05. The number of nitrogens with zero attached hydrogens (tertiary/aromatic N) is 4. The Labute approximate surface area is 155 Å². The number of nitrogens with one attached hydrogen (secondary N) is 1. The van der Waals surface area contributed by atoms with E-state index in [2.05, 4.69) is 32.0 Å². The maximum Gasteiger partial charge on any atom is 0.224 e. The molecule has 7 nitrogen and oxygen atoms in total. The molecular weight excluding hydrogens is 330 g/mol. The maximum atomic E-state index is 5.35. The predicted molar refractivity (Wildman–Crippen MR) is 103 cm³/mol. The highest BCUT2D eigenvalue weighted by atomic mass is 16.5. The predicted octanol–water partition coefficient (Wildman–Crippen LogP) is 2.25. The molecular formula is C19H27N5O2. The second kappa shape index (κ2) is 8.71. The molecule has 0 atom stereocenters. The standard InChI is InChI=1S/C19H27N5O2/c1-4-23-9-11-24(12-10-23)18-7-8-20-19(22-18)21-14-15-5-6-16(25-2)17(13-15)26-3/h5-8,13H,4,9-12,14H2,1-3H3,(H,20,21,22). The molecule has 0 unspecified atom stereocenters. The molecule has 2 heterocycles. The van der Waals surface area contributed by atoms with Crippen LogP contribution in [0.15, 0.2) is 30.5 Å². The third kappa shape index (κ3) is 4.35. The third-order valence-electron chi connectivity index (χ3n) is 4.68. The Morgan fingerprint density at radius 2 is 1.81 bits per heavy atom. The van der Waals surface area contributed by atoms with Crippen molar-refractivity contribution in [1.82, 2.24) is 14.9 Å². The molecule has 140 valence electrons. The van der Waals surface area contributed by atoms with Gasteiger partial charge < -0.3 is 24.6 Å². The number of ether oxygens (including phenoxy) is 2. The minimum absolute atomic E-state index is 0.618. The molecule has 0 spiro atoms. The Morgan fingerprint density at radius 1 is 1.04 bits per heavy atom. The lowest BCUT2D eigenvalue weighted by atomic mass is 10.2. The van der Waals surface area contributed by atoms with E-state index in [1.807, 2.05) is 30.5 Å². The van der Waals surface area contributed by atoms with Crippen LogP contribution >= 0.6 is 0 Å². The SMILES string of the molecule is CCN1CCN(c2ccnc(NCc3ccc(OC)c(OC)c3)n2)CC1. The fourth-order valence-electron chi connectivity index (χ4n) is 3.08. The van der Waals surface area contributed by atoms with Crippen LogP contribution in [0.4, 0.5) is 11.8 Å². The highest BCUT2D eigenvalue weighted by molar-refractivity contribution is 5.45. The highest BCUT2D eigenvalue weighted by Crippen LogP contribution is 2.27. The molecule has 0 bridgehead atoms. The summed E-state index contributed by atoms with van der Waals surface area (Å²) in [5, 5.41) is 3.29. The number of anilines is 2. The lowest BCUT2D eigenvalue weighted by molar-refractivity contribution is 0.270. The average Bonchev–Trinajstić information content (AvgIpc) is 2.72. The van der Waals surface area contributed by atoms with Crippen LogP contribution in [0.25, 0.3) is 0 Å². The molecule has 1 aliphatic heterocycles. The van der Waals surface area contributed by atoms with Gasteiger partial charge in [0, 0.05) is 38.9 Å². The van der Waals surface area contributed by atoms with Crippen molar-refractivity contribution in [2.45, 2.75) is 13.5 Å². The van der Waals surface area contributed by atoms with Crippen LogP contribution < -0.4 is 19.7 Å². The molecule has 1 N–H and O–H groups in total. The zero-order valence-corrected chi connectivity index (χ0v) is 15.7. The van der Waals surface area contributed by atoms with Crippen LogP contribution in [0.2, 0.25) is 0 Å². The van der Waals surface area contributed by atoms with E-state index >= 15 is 0 Å². The van der Waals surface area contributed by atoms with Crippen LogP contribution in [-0.2, 0) is 6.54 Å². The lowest BCUT2D eigenvalue weighted by Crippen LogP contribution is -2.46. The molecule has 1 fully saturated rings. The van der Waals surface area contributed by atoms with Gasteiger partial charge in [-0.3, -0.25) is 0 Å². The van der Waals surface area contributed by atoms with Crippen molar-refractivity contribution in [1.29, 1.82) is 0 Å². The summed E-state index contributed by atoms with van der Waals surface area (Å²) in [6, 6.07) is 7.84. The molecule has 0 aliphatic carbocycles. The Bertz CT molecular complexity index is 717. The zero-order valence-electron chi connectivity index (χ0n) is 15.7. The number of rotatable bonds is 7. The van der Waals surface area contributed by atoms with Crippen molar-refractivity contribution < 1.29 is 9.47 Å². The van der Waals surface area contributed by atoms with Gasteiger partial charge in [0.1, 0.15) is 5.82 Å².